The van der Waals surface area contributed by atoms with Crippen molar-refractivity contribution in [2.45, 2.75) is 11.4 Å². The second-order valence-electron chi connectivity index (χ2n) is 4.45. The number of halogens is 1. The molecule has 0 saturated heterocycles. The molecular weight excluding hydrogens is 332 g/mol. The SMILES string of the molecule is CNCc1cc(Cl)cc(S(=O)(=O)N(C)CCSC)c1OC. The van der Waals surface area contributed by atoms with Crippen LogP contribution in [-0.2, 0) is 16.6 Å². The Bertz CT molecular complexity index is 579. The van der Waals surface area contributed by atoms with Gasteiger partial charge in [-0.15, -0.1) is 0 Å². The zero-order chi connectivity index (χ0) is 16.0. The molecule has 1 aromatic carbocycles. The summed E-state index contributed by atoms with van der Waals surface area (Å²) < 4.78 is 32.0. The fourth-order valence-corrected chi connectivity index (χ4v) is 4.15. The summed E-state index contributed by atoms with van der Waals surface area (Å²) in [6.07, 6.45) is 1.94. The third-order valence-corrected chi connectivity index (χ3v) is 5.64. The lowest BCUT2D eigenvalue weighted by atomic mass is 10.2. The van der Waals surface area contributed by atoms with Crippen LogP contribution in [0.5, 0.6) is 5.75 Å². The highest BCUT2D eigenvalue weighted by atomic mass is 35.5. The first-order chi connectivity index (χ1) is 9.88. The summed E-state index contributed by atoms with van der Waals surface area (Å²) in [5.74, 6) is 1.06. The number of rotatable bonds is 8. The van der Waals surface area contributed by atoms with Gasteiger partial charge in [0.05, 0.1) is 7.11 Å². The second kappa shape index (κ2) is 8.24. The van der Waals surface area contributed by atoms with Crippen LogP contribution in [0, 0.1) is 0 Å². The first-order valence-corrected chi connectivity index (χ1v) is 9.56. The highest BCUT2D eigenvalue weighted by molar-refractivity contribution is 7.98. The minimum atomic E-state index is -3.63. The molecule has 0 bridgehead atoms. The number of nitrogens with one attached hydrogen (secondary N) is 1. The van der Waals surface area contributed by atoms with Gasteiger partial charge in [0.1, 0.15) is 10.6 Å². The van der Waals surface area contributed by atoms with Gasteiger partial charge in [-0.1, -0.05) is 11.6 Å². The van der Waals surface area contributed by atoms with Gasteiger partial charge >= 0.3 is 0 Å². The van der Waals surface area contributed by atoms with E-state index in [1.807, 2.05) is 6.26 Å². The summed E-state index contributed by atoms with van der Waals surface area (Å²) in [4.78, 5) is 0.103. The van der Waals surface area contributed by atoms with Crippen molar-refractivity contribution in [1.29, 1.82) is 0 Å². The van der Waals surface area contributed by atoms with E-state index >= 15 is 0 Å². The largest absolute Gasteiger partial charge is 0.495 e. The van der Waals surface area contributed by atoms with Crippen LogP contribution in [0.3, 0.4) is 0 Å². The van der Waals surface area contributed by atoms with Crippen LogP contribution in [0.15, 0.2) is 17.0 Å². The molecule has 0 heterocycles. The molecule has 0 amide bonds. The lowest BCUT2D eigenvalue weighted by Crippen LogP contribution is -2.29. The average Bonchev–Trinajstić information content (AvgIpc) is 2.44. The van der Waals surface area contributed by atoms with E-state index in [0.29, 0.717) is 29.4 Å². The predicted molar refractivity (Wildman–Crippen MR) is 89.0 cm³/mol. The Morgan fingerprint density at radius 1 is 1.43 bits per heavy atom. The molecule has 0 fully saturated rings. The Morgan fingerprint density at radius 2 is 2.10 bits per heavy atom. The van der Waals surface area contributed by atoms with Crippen molar-refractivity contribution >= 4 is 33.4 Å². The van der Waals surface area contributed by atoms with Gasteiger partial charge < -0.3 is 10.1 Å². The molecule has 8 heteroatoms. The molecule has 21 heavy (non-hydrogen) atoms. The van der Waals surface area contributed by atoms with Gasteiger partial charge in [0, 0.05) is 36.5 Å². The van der Waals surface area contributed by atoms with Crippen LogP contribution in [0.4, 0.5) is 0 Å². The lowest BCUT2D eigenvalue weighted by molar-refractivity contribution is 0.393. The van der Waals surface area contributed by atoms with Gasteiger partial charge in [-0.05, 0) is 25.4 Å². The number of benzene rings is 1. The molecule has 120 valence electrons. The summed E-state index contributed by atoms with van der Waals surface area (Å²) in [6.45, 7) is 0.904. The van der Waals surface area contributed by atoms with Crippen LogP contribution in [0.1, 0.15) is 5.56 Å². The van der Waals surface area contributed by atoms with E-state index in [4.69, 9.17) is 16.3 Å². The molecular formula is C13H21ClN2O3S2. The van der Waals surface area contributed by atoms with Crippen LogP contribution < -0.4 is 10.1 Å². The Kier molecular flexibility index (Phi) is 7.29. The highest BCUT2D eigenvalue weighted by Gasteiger charge is 2.26. The van der Waals surface area contributed by atoms with Crippen molar-refractivity contribution in [2.75, 3.05) is 39.8 Å². The van der Waals surface area contributed by atoms with E-state index in [2.05, 4.69) is 5.32 Å². The van der Waals surface area contributed by atoms with E-state index in [1.165, 1.54) is 17.5 Å². The summed E-state index contributed by atoms with van der Waals surface area (Å²) in [5, 5.41) is 3.35. The minimum absolute atomic E-state index is 0.103. The molecule has 0 aromatic heterocycles. The number of nitrogens with zero attached hydrogens (tertiary/aromatic N) is 1. The number of methoxy groups -OCH3 is 1. The quantitative estimate of drug-likeness (QED) is 0.776. The van der Waals surface area contributed by atoms with Crippen molar-refractivity contribution in [2.24, 2.45) is 0 Å². The number of thioether (sulfide) groups is 1. The van der Waals surface area contributed by atoms with Crippen molar-refractivity contribution in [3.05, 3.63) is 22.7 Å². The zero-order valence-corrected chi connectivity index (χ0v) is 15.0. The average molecular weight is 353 g/mol. The van der Waals surface area contributed by atoms with Crippen LogP contribution >= 0.6 is 23.4 Å². The summed E-state index contributed by atoms with van der Waals surface area (Å²) in [7, 11) is 1.16. The fraction of sp³-hybridized carbons (Fsp3) is 0.538. The molecule has 0 radical (unpaired) electrons. The Hall–Kier alpha value is -0.470. The van der Waals surface area contributed by atoms with Crippen LogP contribution in [0.2, 0.25) is 5.02 Å². The molecule has 1 aromatic rings. The molecule has 0 aliphatic rings. The number of hydrogen-bond acceptors (Lipinski definition) is 5. The Morgan fingerprint density at radius 3 is 2.62 bits per heavy atom. The van der Waals surface area contributed by atoms with E-state index < -0.39 is 10.0 Å². The van der Waals surface area contributed by atoms with Crippen molar-refractivity contribution < 1.29 is 13.2 Å². The van der Waals surface area contributed by atoms with E-state index in [1.54, 1.807) is 31.9 Å². The first-order valence-electron chi connectivity index (χ1n) is 6.34. The number of hydrogen-bond donors (Lipinski definition) is 1. The van der Waals surface area contributed by atoms with Gasteiger partial charge in [0.2, 0.25) is 10.0 Å². The van der Waals surface area contributed by atoms with Crippen molar-refractivity contribution in [1.82, 2.24) is 9.62 Å². The van der Waals surface area contributed by atoms with Gasteiger partial charge in [-0.3, -0.25) is 0 Å². The lowest BCUT2D eigenvalue weighted by Gasteiger charge is -2.20. The summed E-state index contributed by atoms with van der Waals surface area (Å²) in [5.41, 5.74) is 0.712. The van der Waals surface area contributed by atoms with Gasteiger partial charge in [-0.25, -0.2) is 8.42 Å². The molecule has 0 saturated carbocycles. The van der Waals surface area contributed by atoms with Crippen molar-refractivity contribution in [3.63, 3.8) is 0 Å². The third-order valence-electron chi connectivity index (χ3n) is 2.97. The van der Waals surface area contributed by atoms with E-state index in [9.17, 15) is 8.42 Å². The Labute approximate surface area is 136 Å². The molecule has 0 aliphatic carbocycles. The standard InChI is InChI=1S/C13H21ClN2O3S2/c1-15-9-10-7-11(14)8-12(13(10)19-3)21(17,18)16(2)5-6-20-4/h7-8,15H,5-6,9H2,1-4H3. The molecule has 5 nitrogen and oxygen atoms in total. The molecule has 0 atom stereocenters. The number of sulfonamides is 1. The van der Waals surface area contributed by atoms with E-state index in [0.717, 1.165) is 5.75 Å². The zero-order valence-electron chi connectivity index (χ0n) is 12.6. The van der Waals surface area contributed by atoms with Crippen LogP contribution in [0.25, 0.3) is 0 Å². The maximum Gasteiger partial charge on any atom is 0.246 e. The molecule has 1 rings (SSSR count). The third kappa shape index (κ3) is 4.50. The number of ether oxygens (including phenoxy) is 1. The first kappa shape index (κ1) is 18.6. The van der Waals surface area contributed by atoms with Gasteiger partial charge in [0.25, 0.3) is 0 Å². The van der Waals surface area contributed by atoms with Gasteiger partial charge in [-0.2, -0.15) is 16.1 Å². The fourth-order valence-electron chi connectivity index (χ4n) is 1.88. The molecule has 1 N–H and O–H groups in total. The highest BCUT2D eigenvalue weighted by Crippen LogP contribution is 2.33. The second-order valence-corrected chi connectivity index (χ2v) is 7.88. The normalized spacial score (nSPS) is 11.9. The van der Waals surface area contributed by atoms with E-state index in [-0.39, 0.29) is 4.90 Å². The predicted octanol–water partition coefficient (Wildman–Crippen LogP) is 2.05. The Balaban J connectivity index is 3.33. The summed E-state index contributed by atoms with van der Waals surface area (Å²) >= 11 is 7.65. The van der Waals surface area contributed by atoms with Gasteiger partial charge in [0.15, 0.2) is 0 Å². The maximum absolute atomic E-state index is 12.7. The topological polar surface area (TPSA) is 58.6 Å². The molecule has 0 unspecified atom stereocenters. The van der Waals surface area contributed by atoms with Crippen LogP contribution in [-0.4, -0.2) is 52.5 Å². The maximum atomic E-state index is 12.7. The monoisotopic (exact) mass is 352 g/mol. The molecule has 0 spiro atoms. The summed E-state index contributed by atoms with van der Waals surface area (Å²) in [6, 6.07) is 3.14. The molecule has 0 aliphatic heterocycles. The minimum Gasteiger partial charge on any atom is -0.495 e. The smallest absolute Gasteiger partial charge is 0.246 e. The van der Waals surface area contributed by atoms with Crippen molar-refractivity contribution in [3.8, 4) is 5.75 Å².